The van der Waals surface area contributed by atoms with E-state index in [4.69, 9.17) is 4.99 Å². The molecule has 1 unspecified atom stereocenters. The molecule has 45 heavy (non-hydrogen) atoms. The van der Waals surface area contributed by atoms with Crippen molar-refractivity contribution in [3.05, 3.63) is 180 Å². The fourth-order valence-electron chi connectivity index (χ4n) is 6.74. The van der Waals surface area contributed by atoms with Crippen LogP contribution in [0.5, 0.6) is 0 Å². The van der Waals surface area contributed by atoms with E-state index >= 15 is 0 Å². The molecule has 1 atom stereocenters. The lowest BCUT2D eigenvalue weighted by Gasteiger charge is -2.25. The summed E-state index contributed by atoms with van der Waals surface area (Å²) in [5, 5.41) is 11.2. The largest absolute Gasteiger partial charge is 0.360 e. The number of allylic oxidation sites excluding steroid dienone is 1. The van der Waals surface area contributed by atoms with Crippen LogP contribution in [0.25, 0.3) is 54.7 Å². The number of benzene rings is 7. The summed E-state index contributed by atoms with van der Waals surface area (Å²) in [6, 6.07) is 56.4. The molecule has 9 rings (SSSR count). The van der Waals surface area contributed by atoms with Gasteiger partial charge in [-0.05, 0) is 80.7 Å². The molecule has 1 aromatic heterocycles. The van der Waals surface area contributed by atoms with E-state index in [-0.39, 0.29) is 6.17 Å². The molecule has 1 aliphatic heterocycles. The van der Waals surface area contributed by atoms with Gasteiger partial charge in [0.25, 0.3) is 0 Å². The van der Waals surface area contributed by atoms with Crippen LogP contribution in [0.4, 0.5) is 0 Å². The van der Waals surface area contributed by atoms with E-state index in [0.717, 1.165) is 33.8 Å². The molecule has 0 saturated carbocycles. The van der Waals surface area contributed by atoms with Gasteiger partial charge in [-0.3, -0.25) is 4.99 Å². The Hall–Kier alpha value is -5.93. The zero-order valence-corrected chi connectivity index (χ0v) is 24.6. The summed E-state index contributed by atoms with van der Waals surface area (Å²) in [4.78, 5) is 5.21. The second-order valence-electron chi connectivity index (χ2n) is 11.7. The van der Waals surface area contributed by atoms with Gasteiger partial charge < -0.3 is 9.88 Å². The number of hydrogen-bond donors (Lipinski definition) is 1. The van der Waals surface area contributed by atoms with E-state index in [1.165, 1.54) is 43.4 Å². The minimum Gasteiger partial charge on any atom is -0.360 e. The third kappa shape index (κ3) is 4.40. The molecule has 0 fully saturated rings. The number of rotatable bonds is 4. The van der Waals surface area contributed by atoms with Crippen LogP contribution in [0.15, 0.2) is 169 Å². The van der Waals surface area contributed by atoms with Crippen LogP contribution in [-0.2, 0) is 0 Å². The third-order valence-corrected chi connectivity index (χ3v) is 8.96. The Labute approximate surface area is 261 Å². The summed E-state index contributed by atoms with van der Waals surface area (Å²) in [5.41, 5.74) is 9.01. The normalized spacial score (nSPS) is 14.9. The monoisotopic (exact) mass is 575 g/mol. The average Bonchev–Trinajstić information content (AvgIpc) is 3.43. The van der Waals surface area contributed by atoms with Crippen LogP contribution in [0.1, 0.15) is 22.9 Å². The van der Waals surface area contributed by atoms with E-state index in [1.807, 2.05) is 6.07 Å². The molecule has 1 aliphatic rings. The number of fused-ring (bicyclic) bond motifs is 5. The maximum atomic E-state index is 5.21. The highest BCUT2D eigenvalue weighted by atomic mass is 15.1. The molecule has 2 heterocycles. The Morgan fingerprint density at radius 3 is 2.00 bits per heavy atom. The highest BCUT2D eigenvalue weighted by Gasteiger charge is 2.20. The van der Waals surface area contributed by atoms with Gasteiger partial charge in [0.15, 0.2) is 0 Å². The second-order valence-corrected chi connectivity index (χ2v) is 11.7. The van der Waals surface area contributed by atoms with Gasteiger partial charge in [-0.25, -0.2) is 0 Å². The molecule has 3 nitrogen and oxygen atoms in total. The lowest BCUT2D eigenvalue weighted by Crippen LogP contribution is -2.24. The molecule has 0 radical (unpaired) electrons. The smallest absolute Gasteiger partial charge is 0.145 e. The molecule has 0 aliphatic carbocycles. The SMILES string of the molecule is C1=C(c2ccccc2)NC(c2ccc3ccc(-n4c5ccccc5c5cc6ccccc6cc54)cc3c2)N=C1c1ccccc1. The summed E-state index contributed by atoms with van der Waals surface area (Å²) in [6.07, 6.45) is 1.94. The van der Waals surface area contributed by atoms with Gasteiger partial charge in [-0.2, -0.15) is 0 Å². The molecule has 7 aromatic carbocycles. The summed E-state index contributed by atoms with van der Waals surface area (Å²) in [5.74, 6) is 0. The van der Waals surface area contributed by atoms with Crippen molar-refractivity contribution in [3.8, 4) is 5.69 Å². The minimum atomic E-state index is -0.215. The first-order valence-electron chi connectivity index (χ1n) is 15.4. The second kappa shape index (κ2) is 10.4. The first-order chi connectivity index (χ1) is 22.3. The first-order valence-corrected chi connectivity index (χ1v) is 15.4. The molecule has 0 amide bonds. The average molecular weight is 576 g/mol. The van der Waals surface area contributed by atoms with E-state index in [1.54, 1.807) is 0 Å². The Balaban J connectivity index is 1.19. The Kier molecular flexibility index (Phi) is 5.88. The van der Waals surface area contributed by atoms with Crippen LogP contribution in [0, 0.1) is 0 Å². The number of para-hydroxylation sites is 1. The molecule has 0 bridgehead atoms. The predicted octanol–water partition coefficient (Wildman–Crippen LogP) is 10.2. The van der Waals surface area contributed by atoms with E-state index in [0.29, 0.717) is 0 Å². The standard InChI is InChI=1S/C42H29N3/c1-3-11-29(12-4-1)38-27-39(30-13-5-2-6-14-30)44-42(43-38)33-20-19-28-21-22-35(24-34(28)23-33)45-40-18-10-9-17-36(40)37-25-31-15-7-8-16-32(31)26-41(37)45/h1-27,42-43H. The lowest BCUT2D eigenvalue weighted by molar-refractivity contribution is 0.665. The van der Waals surface area contributed by atoms with Crippen molar-refractivity contribution >= 4 is 54.8 Å². The Bertz CT molecular complexity index is 2450. The van der Waals surface area contributed by atoms with Crippen molar-refractivity contribution in [3.63, 3.8) is 0 Å². The summed E-state index contributed by atoms with van der Waals surface area (Å²) >= 11 is 0. The molecule has 0 spiro atoms. The molecule has 8 aromatic rings. The van der Waals surface area contributed by atoms with E-state index in [9.17, 15) is 0 Å². The van der Waals surface area contributed by atoms with E-state index in [2.05, 4.69) is 168 Å². The fourth-order valence-corrected chi connectivity index (χ4v) is 6.74. The van der Waals surface area contributed by atoms with Crippen molar-refractivity contribution in [1.82, 2.24) is 9.88 Å². The van der Waals surface area contributed by atoms with Gasteiger partial charge in [0.05, 0.1) is 16.7 Å². The van der Waals surface area contributed by atoms with Gasteiger partial charge in [-0.15, -0.1) is 0 Å². The van der Waals surface area contributed by atoms with E-state index < -0.39 is 0 Å². The molecule has 0 saturated heterocycles. The summed E-state index contributed by atoms with van der Waals surface area (Å²) < 4.78 is 2.41. The first kappa shape index (κ1) is 25.6. The van der Waals surface area contributed by atoms with Crippen molar-refractivity contribution < 1.29 is 0 Å². The maximum Gasteiger partial charge on any atom is 0.145 e. The van der Waals surface area contributed by atoms with Crippen LogP contribution >= 0.6 is 0 Å². The zero-order chi connectivity index (χ0) is 29.7. The quantitative estimate of drug-likeness (QED) is 0.222. The van der Waals surface area contributed by atoms with Crippen molar-refractivity contribution in [2.24, 2.45) is 4.99 Å². The molecule has 3 heteroatoms. The lowest BCUT2D eigenvalue weighted by atomic mass is 10.0. The predicted molar refractivity (Wildman–Crippen MR) is 189 cm³/mol. The third-order valence-electron chi connectivity index (χ3n) is 8.96. The van der Waals surface area contributed by atoms with Crippen molar-refractivity contribution in [1.29, 1.82) is 0 Å². The van der Waals surface area contributed by atoms with Crippen molar-refractivity contribution in [2.45, 2.75) is 6.17 Å². The zero-order valence-electron chi connectivity index (χ0n) is 24.6. The highest BCUT2D eigenvalue weighted by Crippen LogP contribution is 2.36. The molecular formula is C42H29N3. The summed E-state index contributed by atoms with van der Waals surface area (Å²) in [7, 11) is 0. The van der Waals surface area contributed by atoms with Crippen LogP contribution in [0.3, 0.4) is 0 Å². The van der Waals surface area contributed by atoms with Crippen molar-refractivity contribution in [2.75, 3.05) is 0 Å². The number of aromatic nitrogens is 1. The number of aliphatic imine (C=N–C) groups is 1. The fraction of sp³-hybridized carbons (Fsp3) is 0.0238. The Morgan fingerprint density at radius 2 is 1.18 bits per heavy atom. The topological polar surface area (TPSA) is 29.3 Å². The van der Waals surface area contributed by atoms with Gasteiger partial charge in [-0.1, -0.05) is 121 Å². The van der Waals surface area contributed by atoms with Crippen LogP contribution in [0.2, 0.25) is 0 Å². The number of hydrogen-bond acceptors (Lipinski definition) is 2. The highest BCUT2D eigenvalue weighted by molar-refractivity contribution is 6.14. The van der Waals surface area contributed by atoms with Gasteiger partial charge in [0.2, 0.25) is 0 Å². The number of nitrogens with zero attached hydrogens (tertiary/aromatic N) is 2. The molecule has 1 N–H and O–H groups in total. The van der Waals surface area contributed by atoms with Crippen LogP contribution < -0.4 is 5.32 Å². The summed E-state index contributed by atoms with van der Waals surface area (Å²) in [6.45, 7) is 0. The Morgan fingerprint density at radius 1 is 0.489 bits per heavy atom. The van der Waals surface area contributed by atoms with Crippen LogP contribution in [-0.4, -0.2) is 10.3 Å². The number of nitrogens with one attached hydrogen (secondary N) is 1. The van der Waals surface area contributed by atoms with Gasteiger partial charge in [0, 0.05) is 22.2 Å². The maximum absolute atomic E-state index is 5.21. The van der Waals surface area contributed by atoms with Gasteiger partial charge in [0.1, 0.15) is 6.17 Å². The molecule has 212 valence electrons. The minimum absolute atomic E-state index is 0.215. The molecular weight excluding hydrogens is 546 g/mol. The van der Waals surface area contributed by atoms with Gasteiger partial charge >= 0.3 is 0 Å².